The summed E-state index contributed by atoms with van der Waals surface area (Å²) >= 11 is 0. The molecular formula is C8H12ClN3O. The molecule has 4 nitrogen and oxygen atoms in total. The molecule has 0 aliphatic rings. The monoisotopic (exact) mass is 201 g/mol. The molecule has 0 aromatic heterocycles. The molecule has 1 aromatic rings. The Bertz CT molecular complexity index is 290. The number of halogens is 1. The van der Waals surface area contributed by atoms with Gasteiger partial charge < -0.3 is 5.73 Å². The molecule has 0 atom stereocenters. The predicted octanol–water partition coefficient (Wildman–Crippen LogP) is 1.15. The van der Waals surface area contributed by atoms with E-state index in [0.29, 0.717) is 5.69 Å². The number of hydrazine groups is 1. The highest BCUT2D eigenvalue weighted by Gasteiger charge is 1.92. The summed E-state index contributed by atoms with van der Waals surface area (Å²) in [4.78, 5) is 10.5. The lowest BCUT2D eigenvalue weighted by molar-refractivity contribution is -0.118. The number of amides is 1. The second kappa shape index (κ2) is 5.27. The maximum atomic E-state index is 10.5. The fraction of sp³-hybridized carbons (Fsp3) is 0.125. The van der Waals surface area contributed by atoms with Crippen molar-refractivity contribution in [3.63, 3.8) is 0 Å². The minimum absolute atomic E-state index is 0. The average molecular weight is 202 g/mol. The van der Waals surface area contributed by atoms with Gasteiger partial charge in [0.15, 0.2) is 0 Å². The van der Waals surface area contributed by atoms with Gasteiger partial charge in [-0.1, -0.05) is 6.07 Å². The van der Waals surface area contributed by atoms with Crippen LogP contribution in [0.3, 0.4) is 0 Å². The van der Waals surface area contributed by atoms with Gasteiger partial charge in [-0.2, -0.15) is 0 Å². The van der Waals surface area contributed by atoms with E-state index in [0.717, 1.165) is 5.69 Å². The molecule has 0 heterocycles. The lowest BCUT2D eigenvalue weighted by atomic mass is 10.3. The van der Waals surface area contributed by atoms with E-state index >= 15 is 0 Å². The van der Waals surface area contributed by atoms with Crippen LogP contribution >= 0.6 is 12.4 Å². The normalized spacial score (nSPS) is 8.38. The number of benzene rings is 1. The van der Waals surface area contributed by atoms with Gasteiger partial charge in [0.1, 0.15) is 0 Å². The van der Waals surface area contributed by atoms with Gasteiger partial charge in [0.25, 0.3) is 0 Å². The molecule has 0 saturated carbocycles. The number of nitrogens with two attached hydrogens (primary N) is 1. The molecule has 72 valence electrons. The Morgan fingerprint density at radius 1 is 1.46 bits per heavy atom. The van der Waals surface area contributed by atoms with Gasteiger partial charge in [0, 0.05) is 12.6 Å². The molecule has 0 spiro atoms. The van der Waals surface area contributed by atoms with Crippen molar-refractivity contribution < 1.29 is 4.79 Å². The van der Waals surface area contributed by atoms with E-state index in [1.54, 1.807) is 18.2 Å². The number of hydrogen-bond acceptors (Lipinski definition) is 3. The zero-order valence-electron chi connectivity index (χ0n) is 7.20. The van der Waals surface area contributed by atoms with Crippen LogP contribution in [0.4, 0.5) is 11.4 Å². The van der Waals surface area contributed by atoms with Crippen molar-refractivity contribution in [3.05, 3.63) is 24.3 Å². The fourth-order valence-corrected chi connectivity index (χ4v) is 0.777. The van der Waals surface area contributed by atoms with Gasteiger partial charge >= 0.3 is 0 Å². The summed E-state index contributed by atoms with van der Waals surface area (Å²) in [6.07, 6.45) is 0. The Kier molecular flexibility index (Phi) is 4.69. The van der Waals surface area contributed by atoms with Crippen LogP contribution in [0.25, 0.3) is 0 Å². The van der Waals surface area contributed by atoms with Gasteiger partial charge in [-0.15, -0.1) is 12.4 Å². The van der Waals surface area contributed by atoms with Gasteiger partial charge in [0.2, 0.25) is 5.91 Å². The van der Waals surface area contributed by atoms with E-state index in [4.69, 9.17) is 5.73 Å². The molecule has 0 bridgehead atoms. The summed E-state index contributed by atoms with van der Waals surface area (Å²) in [6, 6.07) is 7.13. The second-order valence-electron chi connectivity index (χ2n) is 2.43. The first kappa shape index (κ1) is 11.6. The minimum Gasteiger partial charge on any atom is -0.399 e. The molecule has 0 aliphatic heterocycles. The van der Waals surface area contributed by atoms with Gasteiger partial charge in [0.05, 0.1) is 5.69 Å². The molecule has 1 rings (SSSR count). The Labute approximate surface area is 82.9 Å². The summed E-state index contributed by atoms with van der Waals surface area (Å²) in [5.74, 6) is -0.141. The van der Waals surface area contributed by atoms with Crippen LogP contribution in [-0.4, -0.2) is 5.91 Å². The number of carbonyl (C=O) groups is 1. The van der Waals surface area contributed by atoms with Crippen molar-refractivity contribution in [2.45, 2.75) is 6.92 Å². The first-order chi connectivity index (χ1) is 5.68. The van der Waals surface area contributed by atoms with Crippen molar-refractivity contribution in [2.24, 2.45) is 0 Å². The van der Waals surface area contributed by atoms with E-state index in [-0.39, 0.29) is 18.3 Å². The molecule has 1 amide bonds. The van der Waals surface area contributed by atoms with E-state index in [1.165, 1.54) is 6.92 Å². The van der Waals surface area contributed by atoms with Gasteiger partial charge in [-0.25, -0.2) is 0 Å². The molecule has 1 aromatic carbocycles. The molecule has 0 aliphatic carbocycles. The van der Waals surface area contributed by atoms with Crippen molar-refractivity contribution in [3.8, 4) is 0 Å². The van der Waals surface area contributed by atoms with Crippen molar-refractivity contribution in [2.75, 3.05) is 11.2 Å². The van der Waals surface area contributed by atoms with Gasteiger partial charge in [-0.05, 0) is 18.2 Å². The van der Waals surface area contributed by atoms with E-state index in [1.807, 2.05) is 6.07 Å². The highest BCUT2D eigenvalue weighted by atomic mass is 35.5. The molecule has 4 N–H and O–H groups in total. The number of hydrogen-bond donors (Lipinski definition) is 3. The third-order valence-corrected chi connectivity index (χ3v) is 1.27. The lowest BCUT2D eigenvalue weighted by Crippen LogP contribution is -2.26. The Hall–Kier alpha value is -1.42. The zero-order valence-corrected chi connectivity index (χ0v) is 8.02. The van der Waals surface area contributed by atoms with Crippen LogP contribution in [0.5, 0.6) is 0 Å². The molecule has 0 unspecified atom stereocenters. The van der Waals surface area contributed by atoms with Crippen LogP contribution < -0.4 is 16.6 Å². The number of anilines is 2. The Morgan fingerprint density at radius 3 is 2.69 bits per heavy atom. The number of nitrogen functional groups attached to an aromatic ring is 1. The number of rotatable bonds is 2. The highest BCUT2D eigenvalue weighted by molar-refractivity contribution is 5.85. The third-order valence-electron chi connectivity index (χ3n) is 1.27. The second-order valence-corrected chi connectivity index (χ2v) is 2.43. The molecular weight excluding hydrogens is 190 g/mol. The first-order valence-electron chi connectivity index (χ1n) is 3.56. The Morgan fingerprint density at radius 2 is 2.15 bits per heavy atom. The molecule has 5 heteroatoms. The SMILES string of the molecule is CC(=O)NNc1cccc(N)c1.Cl. The largest absolute Gasteiger partial charge is 0.399 e. The summed E-state index contributed by atoms with van der Waals surface area (Å²) < 4.78 is 0. The lowest BCUT2D eigenvalue weighted by Gasteiger charge is -2.05. The summed E-state index contributed by atoms with van der Waals surface area (Å²) in [6.45, 7) is 1.43. The maximum Gasteiger partial charge on any atom is 0.235 e. The Balaban J connectivity index is 0.00000144. The predicted molar refractivity (Wildman–Crippen MR) is 55.5 cm³/mol. The quantitative estimate of drug-likeness (QED) is 0.497. The minimum atomic E-state index is -0.141. The van der Waals surface area contributed by atoms with E-state index < -0.39 is 0 Å². The van der Waals surface area contributed by atoms with Crippen molar-refractivity contribution >= 4 is 29.7 Å². The van der Waals surface area contributed by atoms with Crippen molar-refractivity contribution in [1.29, 1.82) is 0 Å². The molecule has 13 heavy (non-hydrogen) atoms. The van der Waals surface area contributed by atoms with Crippen LogP contribution in [0, 0.1) is 0 Å². The molecule has 0 saturated heterocycles. The smallest absolute Gasteiger partial charge is 0.235 e. The van der Waals surface area contributed by atoms with Crippen LogP contribution in [0.2, 0.25) is 0 Å². The third kappa shape index (κ3) is 4.22. The standard InChI is InChI=1S/C8H11N3O.ClH/c1-6(12)10-11-8-4-2-3-7(9)5-8;/h2-5,11H,9H2,1H3,(H,10,12);1H. The van der Waals surface area contributed by atoms with Crippen LogP contribution in [0.15, 0.2) is 24.3 Å². The van der Waals surface area contributed by atoms with Gasteiger partial charge in [-0.3, -0.25) is 15.6 Å². The summed E-state index contributed by atoms with van der Waals surface area (Å²) in [5.41, 5.74) is 12.1. The maximum absolute atomic E-state index is 10.5. The summed E-state index contributed by atoms with van der Waals surface area (Å²) in [7, 11) is 0. The highest BCUT2D eigenvalue weighted by Crippen LogP contribution is 2.09. The molecule has 0 radical (unpaired) electrons. The average Bonchev–Trinajstić information content (AvgIpc) is 2.01. The topological polar surface area (TPSA) is 67.2 Å². The zero-order chi connectivity index (χ0) is 8.97. The fourth-order valence-electron chi connectivity index (χ4n) is 0.777. The number of nitrogens with one attached hydrogen (secondary N) is 2. The summed E-state index contributed by atoms with van der Waals surface area (Å²) in [5, 5.41) is 0. The van der Waals surface area contributed by atoms with E-state index in [9.17, 15) is 4.79 Å². The first-order valence-corrected chi connectivity index (χ1v) is 3.56. The van der Waals surface area contributed by atoms with Crippen LogP contribution in [-0.2, 0) is 4.79 Å². The van der Waals surface area contributed by atoms with E-state index in [2.05, 4.69) is 10.9 Å². The van der Waals surface area contributed by atoms with Crippen LogP contribution in [0.1, 0.15) is 6.92 Å². The molecule has 0 fully saturated rings. The van der Waals surface area contributed by atoms with Crippen molar-refractivity contribution in [1.82, 2.24) is 5.43 Å². The number of carbonyl (C=O) groups excluding carboxylic acids is 1.